The minimum atomic E-state index is 0.00317. The molecule has 51 heavy (non-hydrogen) atoms. The highest BCUT2D eigenvalue weighted by Crippen LogP contribution is 2.54. The van der Waals surface area contributed by atoms with Crippen LogP contribution in [0, 0.1) is 5.92 Å². The van der Waals surface area contributed by atoms with Gasteiger partial charge in [0.2, 0.25) is 0 Å². The second kappa shape index (κ2) is 10.0. The van der Waals surface area contributed by atoms with Crippen LogP contribution in [0.2, 0.25) is 0 Å². The predicted molar refractivity (Wildman–Crippen MR) is 213 cm³/mol. The summed E-state index contributed by atoms with van der Waals surface area (Å²) in [6, 6.07) is 43.2. The number of allylic oxidation sites excluding steroid dienone is 4. The van der Waals surface area contributed by atoms with Crippen LogP contribution in [0.5, 0.6) is 0 Å². The third-order valence-corrected chi connectivity index (χ3v) is 12.6. The van der Waals surface area contributed by atoms with Crippen molar-refractivity contribution in [1.82, 2.24) is 4.57 Å². The van der Waals surface area contributed by atoms with Crippen molar-refractivity contribution in [2.75, 3.05) is 0 Å². The molecule has 2 atom stereocenters. The number of hydrogen-bond acceptors (Lipinski definition) is 1. The van der Waals surface area contributed by atoms with Crippen LogP contribution in [0.1, 0.15) is 55.9 Å². The van der Waals surface area contributed by atoms with Crippen molar-refractivity contribution < 1.29 is 4.42 Å². The summed E-state index contributed by atoms with van der Waals surface area (Å²) < 4.78 is 9.34. The van der Waals surface area contributed by atoms with Gasteiger partial charge in [-0.05, 0) is 98.5 Å². The van der Waals surface area contributed by atoms with E-state index < -0.39 is 0 Å². The van der Waals surface area contributed by atoms with Gasteiger partial charge < -0.3 is 8.98 Å². The summed E-state index contributed by atoms with van der Waals surface area (Å²) in [5.74, 6) is 0.877. The zero-order valence-corrected chi connectivity index (χ0v) is 29.5. The predicted octanol–water partition coefficient (Wildman–Crippen LogP) is 13.0. The highest BCUT2D eigenvalue weighted by molar-refractivity contribution is 6.27. The lowest BCUT2D eigenvalue weighted by molar-refractivity contribution is 0.394. The van der Waals surface area contributed by atoms with Crippen molar-refractivity contribution in [3.63, 3.8) is 0 Å². The zero-order chi connectivity index (χ0) is 34.2. The van der Waals surface area contributed by atoms with E-state index in [1.54, 1.807) is 0 Å². The van der Waals surface area contributed by atoms with E-state index >= 15 is 0 Å². The number of aromatic nitrogens is 1. The lowest BCUT2D eigenvalue weighted by atomic mass is 9.69. The number of hydrogen-bond donors (Lipinski definition) is 0. The van der Waals surface area contributed by atoms with E-state index in [1.165, 1.54) is 72.0 Å². The first-order chi connectivity index (χ1) is 24.8. The number of para-hydroxylation sites is 2. The Hall–Kier alpha value is -5.60. The maximum atomic E-state index is 6.82. The van der Waals surface area contributed by atoms with E-state index in [9.17, 15) is 0 Å². The molecule has 0 amide bonds. The van der Waals surface area contributed by atoms with Gasteiger partial charge in [0.1, 0.15) is 11.2 Å². The van der Waals surface area contributed by atoms with Crippen LogP contribution in [0.25, 0.3) is 71.7 Å². The van der Waals surface area contributed by atoms with Crippen molar-refractivity contribution >= 4 is 43.7 Å². The lowest BCUT2D eigenvalue weighted by Gasteiger charge is -2.34. The van der Waals surface area contributed by atoms with Gasteiger partial charge in [-0.2, -0.15) is 0 Å². The molecule has 8 aromatic rings. The number of nitrogens with zero attached hydrogens (tertiary/aromatic N) is 1. The fourth-order valence-electron chi connectivity index (χ4n) is 10.1. The van der Waals surface area contributed by atoms with Crippen molar-refractivity contribution in [2.45, 2.75) is 50.9 Å². The van der Waals surface area contributed by atoms with E-state index in [1.807, 2.05) is 0 Å². The summed E-state index contributed by atoms with van der Waals surface area (Å²) in [6.45, 7) is 9.65. The molecule has 0 spiro atoms. The average molecular weight is 658 g/mol. The minimum absolute atomic E-state index is 0.00317. The van der Waals surface area contributed by atoms with Crippen LogP contribution in [0.15, 0.2) is 144 Å². The quantitative estimate of drug-likeness (QED) is 0.181. The topological polar surface area (TPSA) is 18.1 Å². The molecule has 3 aliphatic rings. The first-order valence-corrected chi connectivity index (χ1v) is 18.4. The molecule has 2 aromatic heterocycles. The second-order valence-electron chi connectivity index (χ2n) is 16.3. The number of fused-ring (bicyclic) bond motifs is 13. The average Bonchev–Trinajstić information content (AvgIpc) is 3.77. The number of benzene rings is 6. The largest absolute Gasteiger partial charge is 0.455 e. The summed E-state index contributed by atoms with van der Waals surface area (Å²) in [7, 11) is 0. The Balaban J connectivity index is 1.26. The van der Waals surface area contributed by atoms with E-state index in [0.717, 1.165) is 28.4 Å². The molecule has 2 nitrogen and oxygen atoms in total. The summed E-state index contributed by atoms with van der Waals surface area (Å²) >= 11 is 0. The fourth-order valence-corrected chi connectivity index (χ4v) is 10.1. The van der Waals surface area contributed by atoms with Gasteiger partial charge in [-0.3, -0.25) is 0 Å². The minimum Gasteiger partial charge on any atom is -0.455 e. The third-order valence-electron chi connectivity index (χ3n) is 12.6. The van der Waals surface area contributed by atoms with Crippen LogP contribution < -0.4 is 0 Å². The Morgan fingerprint density at radius 2 is 1.43 bits per heavy atom. The van der Waals surface area contributed by atoms with E-state index in [-0.39, 0.29) is 10.8 Å². The Labute approximate surface area is 298 Å². The molecule has 0 aliphatic heterocycles. The standard InChI is InChI=1S/C49H39NO/c1-48(2)28-30-13-5-6-14-32(30)34-23-21-29(25-41(34)48)38-27-39-36-16-9-12-20-44(36)51-47(39)45-37-17-8-11-19-43(37)50(46(38)45)31-22-24-35-33-15-7-10-18-40(33)49(3,4)42(35)26-31/h5-27,33,40H,28H2,1-4H3. The first kappa shape index (κ1) is 29.2. The number of rotatable bonds is 2. The molecular formula is C49H39NO. The highest BCUT2D eigenvalue weighted by Gasteiger charge is 2.44. The van der Waals surface area contributed by atoms with Crippen LogP contribution >= 0.6 is 0 Å². The van der Waals surface area contributed by atoms with Gasteiger partial charge in [-0.15, -0.1) is 0 Å². The molecule has 11 rings (SSSR count). The summed E-state index contributed by atoms with van der Waals surface area (Å²) in [5, 5.41) is 4.71. The lowest BCUT2D eigenvalue weighted by Crippen LogP contribution is -2.25. The van der Waals surface area contributed by atoms with Crippen LogP contribution in [0.4, 0.5) is 0 Å². The van der Waals surface area contributed by atoms with Crippen molar-refractivity contribution in [3.8, 4) is 27.9 Å². The molecule has 246 valence electrons. The molecule has 0 saturated heterocycles. The van der Waals surface area contributed by atoms with E-state index in [0.29, 0.717) is 11.8 Å². The number of furan rings is 1. The fraction of sp³-hybridized carbons (Fsp3) is 0.184. The monoisotopic (exact) mass is 657 g/mol. The summed E-state index contributed by atoms with van der Waals surface area (Å²) in [4.78, 5) is 0. The van der Waals surface area contributed by atoms with Crippen LogP contribution in [-0.2, 0) is 17.3 Å². The first-order valence-electron chi connectivity index (χ1n) is 18.4. The Morgan fingerprint density at radius 1 is 0.647 bits per heavy atom. The molecular weight excluding hydrogens is 619 g/mol. The summed E-state index contributed by atoms with van der Waals surface area (Å²) in [5.41, 5.74) is 16.4. The molecule has 0 saturated carbocycles. The Kier molecular flexibility index (Phi) is 5.72. The maximum absolute atomic E-state index is 6.82. The van der Waals surface area contributed by atoms with Crippen LogP contribution in [0.3, 0.4) is 0 Å². The Morgan fingerprint density at radius 3 is 2.33 bits per heavy atom. The smallest absolute Gasteiger partial charge is 0.145 e. The molecule has 0 bridgehead atoms. The molecule has 2 unspecified atom stereocenters. The third kappa shape index (κ3) is 3.88. The normalized spacial score (nSPS) is 19.5. The molecule has 6 aromatic carbocycles. The van der Waals surface area contributed by atoms with Crippen molar-refractivity contribution in [1.29, 1.82) is 0 Å². The molecule has 0 radical (unpaired) electrons. The van der Waals surface area contributed by atoms with Crippen molar-refractivity contribution in [3.05, 3.63) is 162 Å². The van der Waals surface area contributed by atoms with Gasteiger partial charge >= 0.3 is 0 Å². The molecule has 2 heteroatoms. The molecule has 0 fully saturated rings. The van der Waals surface area contributed by atoms with Gasteiger partial charge in [-0.1, -0.05) is 131 Å². The van der Waals surface area contributed by atoms with Gasteiger partial charge in [-0.25, -0.2) is 0 Å². The van der Waals surface area contributed by atoms with Gasteiger partial charge in [0, 0.05) is 33.3 Å². The maximum Gasteiger partial charge on any atom is 0.145 e. The van der Waals surface area contributed by atoms with Crippen molar-refractivity contribution in [2.24, 2.45) is 5.92 Å². The Bertz CT molecular complexity index is 2850. The van der Waals surface area contributed by atoms with Gasteiger partial charge in [0.15, 0.2) is 0 Å². The van der Waals surface area contributed by atoms with Crippen LogP contribution in [-0.4, -0.2) is 4.57 Å². The van der Waals surface area contributed by atoms with Gasteiger partial charge in [0.25, 0.3) is 0 Å². The van der Waals surface area contributed by atoms with Gasteiger partial charge in [0.05, 0.1) is 16.4 Å². The summed E-state index contributed by atoms with van der Waals surface area (Å²) in [6.07, 6.45) is 10.3. The molecule has 3 aliphatic carbocycles. The SMILES string of the molecule is CC1(C)Cc2ccccc2-c2ccc(-c3cc4c5ccccc5oc4c4c5ccccc5n(-c5ccc6c(c5)C(C)(C)C5C=CC=CC65)c34)cc21. The highest BCUT2D eigenvalue weighted by atomic mass is 16.3. The molecule has 0 N–H and O–H groups in total. The zero-order valence-electron chi connectivity index (χ0n) is 29.5. The van der Waals surface area contributed by atoms with E-state index in [4.69, 9.17) is 4.42 Å². The second-order valence-corrected chi connectivity index (χ2v) is 16.3. The molecule has 2 heterocycles. The van der Waals surface area contributed by atoms with E-state index in [2.05, 4.69) is 172 Å².